The minimum Gasteiger partial charge on any atom is -0.493 e. The zero-order valence-electron chi connectivity index (χ0n) is 15.2. The molecule has 1 saturated heterocycles. The van der Waals surface area contributed by atoms with Crippen molar-refractivity contribution >= 4 is 27.0 Å². The molecule has 11 nitrogen and oxygen atoms in total. The van der Waals surface area contributed by atoms with Gasteiger partial charge in [0.2, 0.25) is 15.9 Å². The number of aromatic amines is 2. The topological polar surface area (TPSA) is 152 Å². The molecule has 1 aliphatic heterocycles. The van der Waals surface area contributed by atoms with Crippen LogP contribution in [0.4, 0.5) is 11.4 Å². The SMILES string of the molecule is O=c1cc(O)n2[nH]c(=O)c(N=Nc3ccc(S(=O)(=O)N4CCCCC4)cc3)c2[nH]1. The molecule has 0 unspecified atom stereocenters. The number of nitrogens with one attached hydrogen (secondary N) is 2. The number of rotatable bonds is 4. The summed E-state index contributed by atoms with van der Waals surface area (Å²) in [5.74, 6) is -0.449. The largest absolute Gasteiger partial charge is 0.493 e. The molecule has 1 aliphatic rings. The molecule has 12 heteroatoms. The fourth-order valence-electron chi connectivity index (χ4n) is 3.18. The van der Waals surface area contributed by atoms with E-state index in [1.807, 2.05) is 0 Å². The number of H-pyrrole nitrogens is 2. The van der Waals surface area contributed by atoms with Crippen molar-refractivity contribution in [2.24, 2.45) is 10.2 Å². The van der Waals surface area contributed by atoms with Crippen LogP contribution in [0, 0.1) is 0 Å². The highest BCUT2D eigenvalue weighted by Gasteiger charge is 2.25. The lowest BCUT2D eigenvalue weighted by Gasteiger charge is -2.25. The van der Waals surface area contributed by atoms with Crippen molar-refractivity contribution in [3.05, 3.63) is 51.0 Å². The Morgan fingerprint density at radius 1 is 1.00 bits per heavy atom. The maximum absolute atomic E-state index is 12.7. The lowest BCUT2D eigenvalue weighted by molar-refractivity contribution is 0.346. The summed E-state index contributed by atoms with van der Waals surface area (Å²) in [6, 6.07) is 6.74. The normalized spacial score (nSPS) is 16.0. The van der Waals surface area contributed by atoms with Gasteiger partial charge in [0.05, 0.1) is 16.6 Å². The molecule has 0 atom stereocenters. The van der Waals surface area contributed by atoms with Crippen LogP contribution in [0.25, 0.3) is 5.65 Å². The molecule has 3 N–H and O–H groups in total. The third-order valence-electron chi connectivity index (χ3n) is 4.66. The molecule has 3 aromatic rings. The van der Waals surface area contributed by atoms with Crippen molar-refractivity contribution in [1.29, 1.82) is 0 Å². The quantitative estimate of drug-likeness (QED) is 0.550. The molecular formula is C17H18N6O5S. The molecule has 1 fully saturated rings. The van der Waals surface area contributed by atoms with Gasteiger partial charge in [-0.2, -0.15) is 9.42 Å². The number of nitrogens with zero attached hydrogens (tertiary/aromatic N) is 4. The first-order chi connectivity index (χ1) is 13.9. The number of aromatic hydroxyl groups is 1. The highest BCUT2D eigenvalue weighted by molar-refractivity contribution is 7.89. The smallest absolute Gasteiger partial charge is 0.294 e. The summed E-state index contributed by atoms with van der Waals surface area (Å²) in [6.45, 7) is 1.03. The van der Waals surface area contributed by atoms with Crippen LogP contribution in [0.5, 0.6) is 5.88 Å². The zero-order chi connectivity index (χ0) is 20.6. The average Bonchev–Trinajstić information content (AvgIpc) is 3.03. The molecule has 0 amide bonds. The molecule has 0 radical (unpaired) electrons. The van der Waals surface area contributed by atoms with Crippen molar-refractivity contribution in [3.8, 4) is 5.88 Å². The zero-order valence-corrected chi connectivity index (χ0v) is 16.0. The van der Waals surface area contributed by atoms with E-state index >= 15 is 0 Å². The third-order valence-corrected chi connectivity index (χ3v) is 6.58. The van der Waals surface area contributed by atoms with Gasteiger partial charge in [0, 0.05) is 13.1 Å². The number of azo groups is 1. The first-order valence-electron chi connectivity index (χ1n) is 8.95. The Balaban J connectivity index is 1.62. The molecule has 0 bridgehead atoms. The fourth-order valence-corrected chi connectivity index (χ4v) is 4.70. The van der Waals surface area contributed by atoms with Gasteiger partial charge in [-0.3, -0.25) is 14.7 Å². The molecule has 152 valence electrons. The summed E-state index contributed by atoms with van der Waals surface area (Å²) in [7, 11) is -3.55. The lowest BCUT2D eigenvalue weighted by Crippen LogP contribution is -2.35. The van der Waals surface area contributed by atoms with Crippen molar-refractivity contribution in [2.75, 3.05) is 13.1 Å². The van der Waals surface area contributed by atoms with Crippen LogP contribution in [-0.2, 0) is 10.0 Å². The summed E-state index contributed by atoms with van der Waals surface area (Å²) in [5, 5.41) is 19.8. The first-order valence-corrected chi connectivity index (χ1v) is 10.4. The van der Waals surface area contributed by atoms with Crippen molar-refractivity contribution < 1.29 is 13.5 Å². The van der Waals surface area contributed by atoms with Gasteiger partial charge in [0.1, 0.15) is 0 Å². The highest BCUT2D eigenvalue weighted by Crippen LogP contribution is 2.24. The Labute approximate surface area is 164 Å². The number of fused-ring (bicyclic) bond motifs is 1. The van der Waals surface area contributed by atoms with Crippen LogP contribution in [0.1, 0.15) is 19.3 Å². The molecule has 2 aromatic heterocycles. The molecule has 0 saturated carbocycles. The van der Waals surface area contributed by atoms with Gasteiger partial charge in [-0.1, -0.05) is 6.42 Å². The molecule has 29 heavy (non-hydrogen) atoms. The van der Waals surface area contributed by atoms with Gasteiger partial charge in [-0.15, -0.1) is 5.11 Å². The number of sulfonamides is 1. The number of hydrogen-bond donors (Lipinski definition) is 3. The highest BCUT2D eigenvalue weighted by atomic mass is 32.2. The van der Waals surface area contributed by atoms with Crippen molar-refractivity contribution in [2.45, 2.75) is 24.2 Å². The Morgan fingerprint density at radius 2 is 1.69 bits per heavy atom. The van der Waals surface area contributed by atoms with Crippen molar-refractivity contribution in [1.82, 2.24) is 18.9 Å². The van der Waals surface area contributed by atoms with Crippen LogP contribution >= 0.6 is 0 Å². The summed E-state index contributed by atoms with van der Waals surface area (Å²) in [4.78, 5) is 26.1. The van der Waals surface area contributed by atoms with E-state index < -0.39 is 27.0 Å². The van der Waals surface area contributed by atoms with Gasteiger partial charge < -0.3 is 10.1 Å². The van der Waals surface area contributed by atoms with E-state index in [-0.39, 0.29) is 16.2 Å². The summed E-state index contributed by atoms with van der Waals surface area (Å²) in [5.41, 5.74) is -1.17. The molecular weight excluding hydrogens is 400 g/mol. The standard InChI is InChI=1S/C17H18N6O5S/c24-13-10-14(25)23-16(18-13)15(17(26)21-23)20-19-11-4-6-12(7-5-11)29(27,28)22-8-2-1-3-9-22/h4-7,10,25H,1-3,8-9H2,(H,18,24)(H,21,26). The van der Waals surface area contributed by atoms with Gasteiger partial charge >= 0.3 is 0 Å². The van der Waals surface area contributed by atoms with E-state index in [4.69, 9.17) is 0 Å². The van der Waals surface area contributed by atoms with E-state index in [0.717, 1.165) is 29.8 Å². The number of piperidine rings is 1. The van der Waals surface area contributed by atoms with Crippen LogP contribution < -0.4 is 11.1 Å². The van der Waals surface area contributed by atoms with E-state index in [1.54, 1.807) is 0 Å². The van der Waals surface area contributed by atoms with Gasteiger partial charge in [0.15, 0.2) is 11.3 Å². The predicted octanol–water partition coefficient (Wildman–Crippen LogP) is 1.61. The second-order valence-corrected chi connectivity index (χ2v) is 8.56. The number of hydrogen-bond acceptors (Lipinski definition) is 7. The van der Waals surface area contributed by atoms with E-state index in [1.165, 1.54) is 28.6 Å². The summed E-state index contributed by atoms with van der Waals surface area (Å²) >= 11 is 0. The second-order valence-electron chi connectivity index (χ2n) is 6.62. The molecule has 0 aliphatic carbocycles. The third kappa shape index (κ3) is 3.59. The predicted molar refractivity (Wildman–Crippen MR) is 104 cm³/mol. The fraction of sp³-hybridized carbons (Fsp3) is 0.294. The maximum Gasteiger partial charge on any atom is 0.294 e. The average molecular weight is 418 g/mol. The minimum atomic E-state index is -3.55. The summed E-state index contributed by atoms with van der Waals surface area (Å²) < 4.78 is 27.8. The molecule has 4 rings (SSSR count). The first kappa shape index (κ1) is 19.1. The van der Waals surface area contributed by atoms with Crippen LogP contribution in [0.3, 0.4) is 0 Å². The van der Waals surface area contributed by atoms with Gasteiger partial charge in [0.25, 0.3) is 11.1 Å². The van der Waals surface area contributed by atoms with Gasteiger partial charge in [-0.25, -0.2) is 12.9 Å². The number of aromatic nitrogens is 3. The van der Waals surface area contributed by atoms with E-state index in [0.29, 0.717) is 18.8 Å². The maximum atomic E-state index is 12.7. The Kier molecular flexibility index (Phi) is 4.80. The van der Waals surface area contributed by atoms with Crippen molar-refractivity contribution in [3.63, 3.8) is 0 Å². The van der Waals surface area contributed by atoms with Gasteiger partial charge in [-0.05, 0) is 37.1 Å². The molecule has 0 spiro atoms. The van der Waals surface area contributed by atoms with Crippen LogP contribution in [-0.4, -0.2) is 45.5 Å². The second kappa shape index (κ2) is 7.29. The Hall–Kier alpha value is -3.25. The monoisotopic (exact) mass is 418 g/mol. The van der Waals surface area contributed by atoms with Crippen LogP contribution in [0.15, 0.2) is 55.0 Å². The van der Waals surface area contributed by atoms with E-state index in [9.17, 15) is 23.1 Å². The number of benzene rings is 1. The Bertz CT molecular complexity index is 1300. The Morgan fingerprint density at radius 3 is 2.38 bits per heavy atom. The molecule has 3 heterocycles. The summed E-state index contributed by atoms with van der Waals surface area (Å²) in [6.07, 6.45) is 2.73. The lowest BCUT2D eigenvalue weighted by atomic mass is 10.2. The molecule has 1 aromatic carbocycles. The van der Waals surface area contributed by atoms with E-state index in [2.05, 4.69) is 20.3 Å². The minimum absolute atomic E-state index is 0.0342. The van der Waals surface area contributed by atoms with Crippen LogP contribution in [0.2, 0.25) is 0 Å².